The summed E-state index contributed by atoms with van der Waals surface area (Å²) in [5, 5.41) is 13.0. The molecular weight excluding hydrogens is 474 g/mol. The van der Waals surface area contributed by atoms with Crippen molar-refractivity contribution in [3.05, 3.63) is 93.4 Å². The quantitative estimate of drug-likeness (QED) is 0.585. The molecule has 0 spiro atoms. The molecule has 5 aliphatic rings. The molecule has 3 heterocycles. The summed E-state index contributed by atoms with van der Waals surface area (Å²) in [5.74, 6) is 0.0862. The van der Waals surface area contributed by atoms with Gasteiger partial charge in [0.1, 0.15) is 6.67 Å². The van der Waals surface area contributed by atoms with E-state index in [0.29, 0.717) is 13.3 Å². The number of amides is 1. The number of pyridine rings is 1. The Balaban J connectivity index is 1.40. The van der Waals surface area contributed by atoms with Crippen LogP contribution in [-0.4, -0.2) is 46.5 Å². The highest BCUT2D eigenvalue weighted by Gasteiger charge is 2.71. The van der Waals surface area contributed by atoms with Crippen LogP contribution in [0.5, 0.6) is 5.75 Å². The summed E-state index contributed by atoms with van der Waals surface area (Å²) in [6, 6.07) is 18.0. The van der Waals surface area contributed by atoms with Crippen molar-refractivity contribution in [3.8, 4) is 5.75 Å². The maximum absolute atomic E-state index is 13.8. The number of aromatic nitrogens is 1. The van der Waals surface area contributed by atoms with Crippen molar-refractivity contribution in [1.29, 1.82) is 0 Å². The first-order valence-corrected chi connectivity index (χ1v) is 13.3. The normalized spacial score (nSPS) is 27.8. The van der Waals surface area contributed by atoms with Gasteiger partial charge in [-0.15, -0.1) is 11.8 Å². The lowest BCUT2D eigenvalue weighted by atomic mass is 9.39. The number of carbonyl (C=O) groups excluding carboxylic acids is 1. The standard InChI is InChI=1S/C28H27N3O4S/c1-35-16-27-13-28(14-27,15-27)29-17-31(30-11-10-21(32)25(33)24(30)26(29)34)23-19-7-3-2-6-18(19)12-36-22-9-5-4-8-20(22)23/h2-11,23,33H,12-17H2,1H3/t23-,27?,28?/m0/s1. The molecule has 3 aromatic rings. The molecule has 0 saturated heterocycles. The van der Waals surface area contributed by atoms with E-state index < -0.39 is 11.2 Å². The van der Waals surface area contributed by atoms with Crippen LogP contribution in [-0.2, 0) is 10.5 Å². The fourth-order valence-corrected chi connectivity index (χ4v) is 8.10. The van der Waals surface area contributed by atoms with Crippen LogP contribution in [0.1, 0.15) is 52.5 Å². The summed E-state index contributed by atoms with van der Waals surface area (Å²) in [6.45, 7) is 1.07. The van der Waals surface area contributed by atoms with Crippen LogP contribution < -0.4 is 10.4 Å². The Morgan fingerprint density at radius 1 is 1.03 bits per heavy atom. The summed E-state index contributed by atoms with van der Waals surface area (Å²) < 4.78 is 7.15. The van der Waals surface area contributed by atoms with Gasteiger partial charge in [-0.25, -0.2) is 0 Å². The van der Waals surface area contributed by atoms with E-state index in [1.165, 1.54) is 22.1 Å². The topological polar surface area (TPSA) is 75.0 Å². The minimum atomic E-state index is -0.540. The minimum Gasteiger partial charge on any atom is -0.502 e. The van der Waals surface area contributed by atoms with Gasteiger partial charge < -0.3 is 14.7 Å². The lowest BCUT2D eigenvalue weighted by Crippen LogP contribution is -2.79. The highest BCUT2D eigenvalue weighted by atomic mass is 32.2. The number of hydrogen-bond donors (Lipinski definition) is 1. The predicted molar refractivity (Wildman–Crippen MR) is 137 cm³/mol. The number of methoxy groups -OCH3 is 1. The molecule has 2 aliphatic heterocycles. The van der Waals surface area contributed by atoms with Crippen molar-refractivity contribution in [2.45, 2.75) is 41.5 Å². The number of rotatable bonds is 4. The van der Waals surface area contributed by atoms with Gasteiger partial charge in [-0.1, -0.05) is 42.5 Å². The van der Waals surface area contributed by atoms with Crippen LogP contribution in [0.25, 0.3) is 0 Å². The summed E-state index contributed by atoms with van der Waals surface area (Å²) in [4.78, 5) is 29.4. The second-order valence-corrected chi connectivity index (χ2v) is 11.7. The first-order chi connectivity index (χ1) is 17.5. The maximum Gasteiger partial charge on any atom is 0.278 e. The largest absolute Gasteiger partial charge is 0.502 e. The molecule has 184 valence electrons. The fourth-order valence-electron chi connectivity index (χ4n) is 7.01. The number of nitrogens with zero attached hydrogens (tertiary/aromatic N) is 3. The third-order valence-corrected chi connectivity index (χ3v) is 9.58. The molecule has 36 heavy (non-hydrogen) atoms. The summed E-state index contributed by atoms with van der Waals surface area (Å²) in [6.07, 6.45) is 4.29. The summed E-state index contributed by atoms with van der Waals surface area (Å²) in [7, 11) is 1.72. The van der Waals surface area contributed by atoms with Crippen molar-refractivity contribution in [1.82, 2.24) is 9.58 Å². The molecule has 2 aromatic carbocycles. The van der Waals surface area contributed by atoms with E-state index in [2.05, 4.69) is 47.5 Å². The number of ether oxygens (including phenoxy) is 1. The van der Waals surface area contributed by atoms with Crippen LogP contribution in [0.4, 0.5) is 0 Å². The van der Waals surface area contributed by atoms with E-state index >= 15 is 0 Å². The fraction of sp³-hybridized carbons (Fsp3) is 0.357. The number of carbonyl (C=O) groups is 1. The zero-order valence-electron chi connectivity index (χ0n) is 20.0. The zero-order chi connectivity index (χ0) is 24.7. The van der Waals surface area contributed by atoms with Gasteiger partial charge in [0.2, 0.25) is 5.43 Å². The van der Waals surface area contributed by atoms with E-state index in [-0.39, 0.29) is 28.6 Å². The van der Waals surface area contributed by atoms with Gasteiger partial charge in [-0.2, -0.15) is 0 Å². The van der Waals surface area contributed by atoms with Gasteiger partial charge in [-0.05, 0) is 42.0 Å². The number of thioether (sulfide) groups is 1. The Kier molecular flexibility index (Phi) is 4.67. The lowest BCUT2D eigenvalue weighted by Gasteiger charge is -2.74. The number of aromatic hydroxyl groups is 1. The van der Waals surface area contributed by atoms with E-state index in [4.69, 9.17) is 4.74 Å². The summed E-state index contributed by atoms with van der Waals surface area (Å²) >= 11 is 1.81. The second-order valence-electron chi connectivity index (χ2n) is 10.7. The zero-order valence-corrected chi connectivity index (χ0v) is 20.8. The Hall–Kier alpha value is -3.23. The Morgan fingerprint density at radius 2 is 1.75 bits per heavy atom. The number of fused-ring (bicyclic) bond motifs is 3. The molecule has 0 radical (unpaired) electrons. The maximum atomic E-state index is 13.8. The van der Waals surface area contributed by atoms with Gasteiger partial charge in [0, 0.05) is 41.0 Å². The molecule has 1 atom stereocenters. The lowest BCUT2D eigenvalue weighted by molar-refractivity contribution is -0.227. The Labute approximate surface area is 213 Å². The third-order valence-electron chi connectivity index (χ3n) is 8.44. The van der Waals surface area contributed by atoms with Crippen LogP contribution in [0.3, 0.4) is 0 Å². The first-order valence-electron chi connectivity index (χ1n) is 12.3. The van der Waals surface area contributed by atoms with Crippen molar-refractivity contribution in [2.24, 2.45) is 5.41 Å². The predicted octanol–water partition coefficient (Wildman–Crippen LogP) is 3.87. The van der Waals surface area contributed by atoms with Gasteiger partial charge in [-0.3, -0.25) is 19.3 Å². The molecule has 2 bridgehead atoms. The highest BCUT2D eigenvalue weighted by Crippen LogP contribution is 2.70. The molecule has 8 heteroatoms. The highest BCUT2D eigenvalue weighted by molar-refractivity contribution is 7.98. The number of benzene rings is 2. The molecule has 1 N–H and O–H groups in total. The Morgan fingerprint density at radius 3 is 2.53 bits per heavy atom. The van der Waals surface area contributed by atoms with Crippen LogP contribution in [0.2, 0.25) is 0 Å². The monoisotopic (exact) mass is 501 g/mol. The molecule has 3 fully saturated rings. The number of hydrogen-bond acceptors (Lipinski definition) is 6. The van der Waals surface area contributed by atoms with Crippen LogP contribution >= 0.6 is 11.8 Å². The molecule has 7 nitrogen and oxygen atoms in total. The van der Waals surface area contributed by atoms with Crippen molar-refractivity contribution in [3.63, 3.8) is 0 Å². The minimum absolute atomic E-state index is 0.0473. The van der Waals surface area contributed by atoms with Crippen molar-refractivity contribution < 1.29 is 14.6 Å². The average molecular weight is 502 g/mol. The molecule has 3 saturated carbocycles. The van der Waals surface area contributed by atoms with E-state index in [9.17, 15) is 14.7 Å². The first kappa shape index (κ1) is 22.0. The molecule has 8 rings (SSSR count). The van der Waals surface area contributed by atoms with Gasteiger partial charge in [0.05, 0.1) is 12.6 Å². The van der Waals surface area contributed by atoms with Gasteiger partial charge in [0.15, 0.2) is 11.4 Å². The third kappa shape index (κ3) is 2.91. The second kappa shape index (κ2) is 7.63. The SMILES string of the molecule is COCC12CC(N3CN([C@H]4c5ccccc5CSc5ccccc54)n4ccc(=O)c(O)c4C3=O)(C1)C2. The van der Waals surface area contributed by atoms with E-state index in [1.807, 2.05) is 22.7 Å². The molecular formula is C28H27N3O4S. The van der Waals surface area contributed by atoms with E-state index in [1.54, 1.807) is 18.0 Å². The van der Waals surface area contributed by atoms with E-state index in [0.717, 1.165) is 30.6 Å². The molecule has 3 aliphatic carbocycles. The molecule has 1 aromatic heterocycles. The van der Waals surface area contributed by atoms with Crippen LogP contribution in [0.15, 0.2) is 70.5 Å². The van der Waals surface area contributed by atoms with Gasteiger partial charge >= 0.3 is 0 Å². The summed E-state index contributed by atoms with van der Waals surface area (Å²) in [5.41, 5.74) is 2.96. The van der Waals surface area contributed by atoms with Crippen LogP contribution in [0, 0.1) is 5.41 Å². The smallest absolute Gasteiger partial charge is 0.278 e. The Bertz CT molecular complexity index is 1400. The van der Waals surface area contributed by atoms with Crippen molar-refractivity contribution in [2.75, 3.05) is 25.4 Å². The molecule has 0 unspecified atom stereocenters. The molecule has 1 amide bonds. The van der Waals surface area contributed by atoms with Crippen molar-refractivity contribution >= 4 is 17.7 Å². The van der Waals surface area contributed by atoms with Gasteiger partial charge in [0.25, 0.3) is 5.91 Å². The average Bonchev–Trinajstić information content (AvgIpc) is 3.00.